The van der Waals surface area contributed by atoms with Gasteiger partial charge in [0.25, 0.3) is 0 Å². The highest BCUT2D eigenvalue weighted by molar-refractivity contribution is 7.13. The summed E-state index contributed by atoms with van der Waals surface area (Å²) in [5.41, 5.74) is 0. The van der Waals surface area contributed by atoms with Gasteiger partial charge in [0.05, 0.1) is 7.11 Å². The van der Waals surface area contributed by atoms with Gasteiger partial charge >= 0.3 is 0 Å². The molecular weight excluding hydrogens is 228 g/mol. The predicted octanol–water partition coefficient (Wildman–Crippen LogP) is 3.21. The monoisotopic (exact) mass is 240 g/mol. The van der Waals surface area contributed by atoms with Crippen molar-refractivity contribution in [2.45, 2.75) is 13.0 Å². The van der Waals surface area contributed by atoms with E-state index in [1.54, 1.807) is 18.4 Å². The van der Waals surface area contributed by atoms with E-state index in [0.29, 0.717) is 0 Å². The van der Waals surface area contributed by atoms with E-state index in [9.17, 15) is 5.11 Å². The molecule has 0 fully saturated rings. The minimum absolute atomic E-state index is 0.516. The van der Waals surface area contributed by atoms with Crippen LogP contribution in [0.1, 0.15) is 20.7 Å². The van der Waals surface area contributed by atoms with Crippen LogP contribution in [0.25, 0.3) is 0 Å². The molecule has 0 saturated carbocycles. The Bertz CT molecular complexity index is 445. The summed E-state index contributed by atoms with van der Waals surface area (Å²) in [6.07, 6.45) is -0.516. The molecule has 1 unspecified atom stereocenters. The average molecular weight is 240 g/mol. The van der Waals surface area contributed by atoms with E-state index in [1.807, 2.05) is 30.5 Å². The molecule has 2 heterocycles. The zero-order valence-corrected chi connectivity index (χ0v) is 10.2. The van der Waals surface area contributed by atoms with Crippen LogP contribution in [0.5, 0.6) is 5.75 Å². The lowest BCUT2D eigenvalue weighted by atomic mass is 10.2. The molecule has 15 heavy (non-hydrogen) atoms. The lowest BCUT2D eigenvalue weighted by molar-refractivity contribution is 0.227. The second-order valence-corrected chi connectivity index (χ2v) is 5.50. The van der Waals surface area contributed by atoms with Gasteiger partial charge in [0.15, 0.2) is 0 Å². The molecule has 0 radical (unpaired) electrons. The Morgan fingerprint density at radius 2 is 2.13 bits per heavy atom. The maximum absolute atomic E-state index is 10.1. The molecule has 0 aliphatic carbocycles. The first-order chi connectivity index (χ1) is 7.20. The Hall–Kier alpha value is -0.840. The Morgan fingerprint density at radius 1 is 1.33 bits per heavy atom. The van der Waals surface area contributed by atoms with Crippen molar-refractivity contribution in [3.63, 3.8) is 0 Å². The summed E-state index contributed by atoms with van der Waals surface area (Å²) in [4.78, 5) is 3.12. The first-order valence-corrected chi connectivity index (χ1v) is 6.27. The number of hydrogen-bond acceptors (Lipinski definition) is 4. The van der Waals surface area contributed by atoms with Crippen LogP contribution in [0.2, 0.25) is 0 Å². The van der Waals surface area contributed by atoms with Crippen molar-refractivity contribution in [2.75, 3.05) is 7.11 Å². The number of thiophene rings is 2. The van der Waals surface area contributed by atoms with Crippen LogP contribution < -0.4 is 4.74 Å². The summed E-state index contributed by atoms with van der Waals surface area (Å²) in [5.74, 6) is 0.808. The third kappa shape index (κ3) is 2.22. The summed E-state index contributed by atoms with van der Waals surface area (Å²) in [6.45, 7) is 2.04. The van der Waals surface area contributed by atoms with Crippen molar-refractivity contribution in [1.82, 2.24) is 0 Å². The van der Waals surface area contributed by atoms with Crippen LogP contribution in [0.4, 0.5) is 0 Å². The van der Waals surface area contributed by atoms with Gasteiger partial charge in [-0.2, -0.15) is 0 Å². The lowest BCUT2D eigenvalue weighted by Crippen LogP contribution is -1.92. The van der Waals surface area contributed by atoms with E-state index in [2.05, 4.69) is 0 Å². The van der Waals surface area contributed by atoms with Crippen molar-refractivity contribution >= 4 is 22.7 Å². The zero-order valence-electron chi connectivity index (χ0n) is 8.56. The van der Waals surface area contributed by atoms with E-state index in [1.165, 1.54) is 16.2 Å². The summed E-state index contributed by atoms with van der Waals surface area (Å²) < 4.78 is 5.09. The summed E-state index contributed by atoms with van der Waals surface area (Å²) >= 11 is 3.14. The third-order valence-corrected chi connectivity index (χ3v) is 4.15. The van der Waals surface area contributed by atoms with Crippen LogP contribution >= 0.6 is 22.7 Å². The molecule has 2 aromatic rings. The Morgan fingerprint density at radius 3 is 2.67 bits per heavy atom. The van der Waals surface area contributed by atoms with Gasteiger partial charge in [-0.3, -0.25) is 0 Å². The molecular formula is C11H12O2S2. The Labute approximate surface area is 96.8 Å². The fourth-order valence-electron chi connectivity index (χ4n) is 1.33. The fraction of sp³-hybridized carbons (Fsp3) is 0.273. The van der Waals surface area contributed by atoms with E-state index in [4.69, 9.17) is 4.74 Å². The van der Waals surface area contributed by atoms with Crippen LogP contribution in [-0.4, -0.2) is 12.2 Å². The fourth-order valence-corrected chi connectivity index (χ4v) is 3.14. The van der Waals surface area contributed by atoms with E-state index in [-0.39, 0.29) is 0 Å². The van der Waals surface area contributed by atoms with Crippen molar-refractivity contribution in [3.05, 3.63) is 38.2 Å². The highest BCUT2D eigenvalue weighted by atomic mass is 32.1. The number of rotatable bonds is 3. The number of aliphatic hydroxyl groups is 1. The van der Waals surface area contributed by atoms with Crippen LogP contribution in [0.3, 0.4) is 0 Å². The molecule has 2 nitrogen and oxygen atoms in total. The average Bonchev–Trinajstić information content (AvgIpc) is 2.84. The van der Waals surface area contributed by atoms with Gasteiger partial charge < -0.3 is 9.84 Å². The molecule has 4 heteroatoms. The molecule has 2 rings (SSSR count). The third-order valence-electron chi connectivity index (χ3n) is 2.13. The molecule has 0 aromatic carbocycles. The van der Waals surface area contributed by atoms with Crippen molar-refractivity contribution in [3.8, 4) is 5.75 Å². The van der Waals surface area contributed by atoms with Crippen molar-refractivity contribution < 1.29 is 9.84 Å². The van der Waals surface area contributed by atoms with Gasteiger partial charge in [-0.1, -0.05) is 0 Å². The predicted molar refractivity (Wildman–Crippen MR) is 64.0 cm³/mol. The van der Waals surface area contributed by atoms with Gasteiger partial charge in [0.1, 0.15) is 11.9 Å². The van der Waals surface area contributed by atoms with Gasteiger partial charge in [-0.25, -0.2) is 0 Å². The number of ether oxygens (including phenoxy) is 1. The number of aliphatic hydroxyl groups excluding tert-OH is 1. The largest absolute Gasteiger partial charge is 0.496 e. The maximum atomic E-state index is 10.1. The Kier molecular flexibility index (Phi) is 3.09. The minimum atomic E-state index is -0.516. The smallest absolute Gasteiger partial charge is 0.129 e. The summed E-state index contributed by atoms with van der Waals surface area (Å²) in [5, 5.41) is 12.0. The van der Waals surface area contributed by atoms with Gasteiger partial charge in [-0.15, -0.1) is 22.7 Å². The lowest BCUT2D eigenvalue weighted by Gasteiger charge is -2.04. The zero-order chi connectivity index (χ0) is 10.8. The molecule has 1 atom stereocenters. The first-order valence-electron chi connectivity index (χ1n) is 4.57. The molecule has 0 amide bonds. The standard InChI is InChI=1S/C11H12O2S2/c1-7-3-4-9(15-7)11(12)10-5-8(13-2)6-14-10/h3-6,11-12H,1-2H3. The molecule has 80 valence electrons. The second-order valence-electron chi connectivity index (χ2n) is 3.24. The summed E-state index contributed by atoms with van der Waals surface area (Å²) in [7, 11) is 1.63. The van der Waals surface area contributed by atoms with Crippen molar-refractivity contribution in [2.24, 2.45) is 0 Å². The van der Waals surface area contributed by atoms with Gasteiger partial charge in [-0.05, 0) is 25.1 Å². The topological polar surface area (TPSA) is 29.5 Å². The quantitative estimate of drug-likeness (QED) is 0.892. The van der Waals surface area contributed by atoms with Gasteiger partial charge in [0, 0.05) is 20.0 Å². The molecule has 0 spiro atoms. The van der Waals surface area contributed by atoms with Crippen LogP contribution in [0, 0.1) is 6.92 Å². The van der Waals surface area contributed by atoms with Crippen LogP contribution in [0.15, 0.2) is 23.6 Å². The van der Waals surface area contributed by atoms with Crippen LogP contribution in [-0.2, 0) is 0 Å². The number of aryl methyl sites for hydroxylation is 1. The maximum Gasteiger partial charge on any atom is 0.129 e. The number of methoxy groups -OCH3 is 1. The molecule has 0 bridgehead atoms. The molecule has 2 aromatic heterocycles. The molecule has 1 N–H and O–H groups in total. The second kappa shape index (κ2) is 4.35. The van der Waals surface area contributed by atoms with Gasteiger partial charge in [0.2, 0.25) is 0 Å². The minimum Gasteiger partial charge on any atom is -0.496 e. The SMILES string of the molecule is COc1csc(C(O)c2ccc(C)s2)c1. The highest BCUT2D eigenvalue weighted by Crippen LogP contribution is 2.33. The van der Waals surface area contributed by atoms with E-state index in [0.717, 1.165) is 15.5 Å². The van der Waals surface area contributed by atoms with E-state index >= 15 is 0 Å². The molecule has 0 aliphatic rings. The highest BCUT2D eigenvalue weighted by Gasteiger charge is 2.14. The number of hydrogen-bond donors (Lipinski definition) is 1. The normalized spacial score (nSPS) is 12.7. The molecule has 0 saturated heterocycles. The first kappa shape index (κ1) is 10.7. The van der Waals surface area contributed by atoms with E-state index < -0.39 is 6.10 Å². The molecule has 0 aliphatic heterocycles. The Balaban J connectivity index is 2.23. The van der Waals surface area contributed by atoms with Crippen molar-refractivity contribution in [1.29, 1.82) is 0 Å². The summed E-state index contributed by atoms with van der Waals surface area (Å²) in [6, 6.07) is 5.87.